The average molecular weight is 645 g/mol. The highest BCUT2D eigenvalue weighted by atomic mass is 35.5. The van der Waals surface area contributed by atoms with Crippen LogP contribution >= 0.6 is 23.2 Å². The normalized spacial score (nSPS) is 14.3. The van der Waals surface area contributed by atoms with Crippen LogP contribution in [0.4, 0.5) is 5.69 Å². The molecule has 4 rings (SSSR count). The molecule has 1 fully saturated rings. The van der Waals surface area contributed by atoms with Crippen LogP contribution in [0.5, 0.6) is 0 Å². The van der Waals surface area contributed by atoms with Crippen LogP contribution in [-0.2, 0) is 32.6 Å². The van der Waals surface area contributed by atoms with Crippen LogP contribution in [0.25, 0.3) is 0 Å². The number of anilines is 1. The van der Waals surface area contributed by atoms with Crippen LogP contribution in [0.3, 0.4) is 0 Å². The minimum absolute atomic E-state index is 0.0557. The lowest BCUT2D eigenvalue weighted by Gasteiger charge is -2.34. The van der Waals surface area contributed by atoms with E-state index in [1.807, 2.05) is 32.9 Å². The summed E-state index contributed by atoms with van der Waals surface area (Å²) in [6, 6.07) is 18.1. The number of carbonyl (C=O) groups excluding carboxylic acids is 2. The third-order valence-corrected chi connectivity index (χ3v) is 10.5. The molecule has 0 heterocycles. The number of sulfonamides is 1. The second-order valence-electron chi connectivity index (χ2n) is 11.0. The van der Waals surface area contributed by atoms with E-state index in [4.69, 9.17) is 23.2 Å². The second-order valence-corrected chi connectivity index (χ2v) is 13.7. The maximum atomic E-state index is 14.3. The lowest BCUT2D eigenvalue weighted by atomic mass is 10.1. The maximum Gasteiger partial charge on any atom is 0.264 e. The molecule has 0 spiro atoms. The van der Waals surface area contributed by atoms with Gasteiger partial charge in [0.15, 0.2) is 0 Å². The molecule has 0 aromatic heterocycles. The fraction of sp³-hybridized carbons (Fsp3) is 0.394. The molecular weight excluding hydrogens is 605 g/mol. The van der Waals surface area contributed by atoms with E-state index < -0.39 is 28.5 Å². The average Bonchev–Trinajstić information content (AvgIpc) is 3.50. The summed E-state index contributed by atoms with van der Waals surface area (Å²) in [6.07, 6.45) is 4.83. The summed E-state index contributed by atoms with van der Waals surface area (Å²) < 4.78 is 29.5. The van der Waals surface area contributed by atoms with Gasteiger partial charge in [0.1, 0.15) is 12.6 Å². The molecule has 3 aromatic carbocycles. The highest BCUT2D eigenvalue weighted by Gasteiger charge is 2.35. The van der Waals surface area contributed by atoms with Crippen LogP contribution in [-0.4, -0.2) is 43.8 Å². The monoisotopic (exact) mass is 643 g/mol. The molecule has 0 aliphatic heterocycles. The van der Waals surface area contributed by atoms with Crippen LogP contribution in [0, 0.1) is 6.92 Å². The summed E-state index contributed by atoms with van der Waals surface area (Å²) in [5, 5.41) is 3.83. The summed E-state index contributed by atoms with van der Waals surface area (Å²) in [5.41, 5.74) is 2.81. The van der Waals surface area contributed by atoms with Gasteiger partial charge in [-0.05, 0) is 74.1 Å². The fourth-order valence-electron chi connectivity index (χ4n) is 5.53. The summed E-state index contributed by atoms with van der Waals surface area (Å²) in [6.45, 7) is 5.24. The number of para-hydroxylation sites is 1. The number of halogens is 2. The molecule has 3 aromatic rings. The summed E-state index contributed by atoms with van der Waals surface area (Å²) in [5.74, 6) is -0.745. The van der Waals surface area contributed by atoms with Crippen LogP contribution in [0.15, 0.2) is 71.6 Å². The molecule has 230 valence electrons. The third-order valence-electron chi connectivity index (χ3n) is 7.95. The highest BCUT2D eigenvalue weighted by molar-refractivity contribution is 7.92. The van der Waals surface area contributed by atoms with Gasteiger partial charge in [0.2, 0.25) is 11.8 Å². The Hall–Kier alpha value is -3.07. The first-order chi connectivity index (χ1) is 20.5. The van der Waals surface area contributed by atoms with Crippen molar-refractivity contribution >= 4 is 50.7 Å². The molecule has 1 aliphatic carbocycles. The molecule has 0 radical (unpaired) electrons. The van der Waals surface area contributed by atoms with Crippen molar-refractivity contribution in [3.05, 3.63) is 93.5 Å². The molecule has 1 saturated carbocycles. The second kappa shape index (κ2) is 14.6. The first-order valence-corrected chi connectivity index (χ1v) is 17.0. The molecular formula is C33H39Cl2N3O4S. The van der Waals surface area contributed by atoms with Gasteiger partial charge in [-0.2, -0.15) is 0 Å². The first kappa shape index (κ1) is 32.8. The minimum atomic E-state index is -4.14. The third kappa shape index (κ3) is 7.91. The topological polar surface area (TPSA) is 86.8 Å². The molecule has 43 heavy (non-hydrogen) atoms. The SMILES string of the molecule is CCc1ccccc1N(CC(=O)N(Cc1ccc(Cl)c(Cl)c1)[C@H](CC)C(=O)NC1CCCC1)S(=O)(=O)c1ccc(C)cc1. The molecule has 0 unspecified atom stereocenters. The number of benzene rings is 3. The number of amides is 2. The van der Waals surface area contributed by atoms with Gasteiger partial charge in [-0.1, -0.05) is 91.9 Å². The van der Waals surface area contributed by atoms with E-state index in [0.29, 0.717) is 34.1 Å². The Morgan fingerprint density at radius 3 is 2.26 bits per heavy atom. The van der Waals surface area contributed by atoms with Gasteiger partial charge < -0.3 is 10.2 Å². The Kier molecular flexibility index (Phi) is 11.2. The summed E-state index contributed by atoms with van der Waals surface area (Å²) >= 11 is 12.4. The Balaban J connectivity index is 1.75. The van der Waals surface area contributed by atoms with Crippen molar-refractivity contribution in [2.24, 2.45) is 0 Å². The van der Waals surface area contributed by atoms with Gasteiger partial charge in [0.05, 0.1) is 20.6 Å². The molecule has 0 bridgehead atoms. The lowest BCUT2D eigenvalue weighted by molar-refractivity contribution is -0.140. The van der Waals surface area contributed by atoms with Gasteiger partial charge in [-0.3, -0.25) is 13.9 Å². The number of nitrogens with zero attached hydrogens (tertiary/aromatic N) is 2. The number of hydrogen-bond acceptors (Lipinski definition) is 4. The van der Waals surface area contributed by atoms with E-state index in [-0.39, 0.29) is 23.4 Å². The first-order valence-electron chi connectivity index (χ1n) is 14.8. The van der Waals surface area contributed by atoms with Crippen LogP contribution < -0.4 is 9.62 Å². The van der Waals surface area contributed by atoms with Crippen LogP contribution in [0.1, 0.15) is 62.6 Å². The van der Waals surface area contributed by atoms with Crippen molar-refractivity contribution in [1.29, 1.82) is 0 Å². The van der Waals surface area contributed by atoms with E-state index in [0.717, 1.165) is 36.8 Å². The van der Waals surface area contributed by atoms with Gasteiger partial charge in [0.25, 0.3) is 10.0 Å². The predicted octanol–water partition coefficient (Wildman–Crippen LogP) is 6.93. The van der Waals surface area contributed by atoms with Crippen molar-refractivity contribution in [1.82, 2.24) is 10.2 Å². The van der Waals surface area contributed by atoms with E-state index in [1.54, 1.807) is 54.6 Å². The van der Waals surface area contributed by atoms with Gasteiger partial charge >= 0.3 is 0 Å². The summed E-state index contributed by atoms with van der Waals surface area (Å²) in [4.78, 5) is 29.5. The lowest BCUT2D eigenvalue weighted by Crippen LogP contribution is -2.53. The van der Waals surface area contributed by atoms with Crippen LogP contribution in [0.2, 0.25) is 10.0 Å². The van der Waals surface area contributed by atoms with E-state index >= 15 is 0 Å². The number of aryl methyl sites for hydroxylation is 2. The zero-order valence-corrected chi connectivity index (χ0v) is 27.2. The van der Waals surface area contributed by atoms with E-state index in [9.17, 15) is 18.0 Å². The fourth-order valence-corrected chi connectivity index (χ4v) is 7.30. The smallest absolute Gasteiger partial charge is 0.264 e. The van der Waals surface area contributed by atoms with Gasteiger partial charge in [0, 0.05) is 12.6 Å². The number of nitrogens with one attached hydrogen (secondary N) is 1. The summed E-state index contributed by atoms with van der Waals surface area (Å²) in [7, 11) is -4.14. The van der Waals surface area contributed by atoms with E-state index in [2.05, 4.69) is 5.32 Å². The van der Waals surface area contributed by atoms with E-state index in [1.165, 1.54) is 9.21 Å². The molecule has 1 aliphatic rings. The molecule has 10 heteroatoms. The zero-order valence-electron chi connectivity index (χ0n) is 24.9. The van der Waals surface area contributed by atoms with Crippen molar-refractivity contribution < 1.29 is 18.0 Å². The quantitative estimate of drug-likeness (QED) is 0.232. The Bertz CT molecular complexity index is 1540. The molecule has 0 saturated heterocycles. The molecule has 7 nitrogen and oxygen atoms in total. The molecule has 1 atom stereocenters. The number of carbonyl (C=O) groups is 2. The Morgan fingerprint density at radius 1 is 0.953 bits per heavy atom. The largest absolute Gasteiger partial charge is 0.352 e. The molecule has 2 amide bonds. The molecule has 1 N–H and O–H groups in total. The van der Waals surface area contributed by atoms with Crippen molar-refractivity contribution in [2.45, 2.75) is 82.8 Å². The maximum absolute atomic E-state index is 14.3. The minimum Gasteiger partial charge on any atom is -0.352 e. The van der Waals surface area contributed by atoms with Gasteiger partial charge in [-0.15, -0.1) is 0 Å². The number of rotatable bonds is 12. The zero-order chi connectivity index (χ0) is 31.1. The van der Waals surface area contributed by atoms with Crippen molar-refractivity contribution in [3.63, 3.8) is 0 Å². The van der Waals surface area contributed by atoms with Gasteiger partial charge in [-0.25, -0.2) is 8.42 Å². The van der Waals surface area contributed by atoms with Crippen molar-refractivity contribution in [2.75, 3.05) is 10.8 Å². The number of hydrogen-bond donors (Lipinski definition) is 1. The highest BCUT2D eigenvalue weighted by Crippen LogP contribution is 2.29. The Morgan fingerprint density at radius 2 is 1.63 bits per heavy atom. The van der Waals surface area contributed by atoms with Crippen molar-refractivity contribution in [3.8, 4) is 0 Å². The standard InChI is InChI=1S/C33H39Cl2N3O4S/c1-4-25-10-6-9-13-31(25)38(43(41,42)27-17-14-23(3)15-18-27)22-32(39)37(21-24-16-19-28(34)29(35)20-24)30(5-2)33(40)36-26-11-7-8-12-26/h6,9-10,13-20,26,30H,4-5,7-8,11-12,21-22H2,1-3H3,(H,36,40)/t30-/m1/s1. The predicted molar refractivity (Wildman–Crippen MR) is 173 cm³/mol. The Labute approximate surface area is 265 Å².